The first kappa shape index (κ1) is 15.9. The van der Waals surface area contributed by atoms with Crippen molar-refractivity contribution in [2.75, 3.05) is 16.8 Å². The summed E-state index contributed by atoms with van der Waals surface area (Å²) in [5, 5.41) is 2.68. The highest BCUT2D eigenvalue weighted by Gasteiger charge is 2.44. The molecule has 3 rings (SSSR count). The fourth-order valence-corrected chi connectivity index (χ4v) is 2.74. The van der Waals surface area contributed by atoms with Crippen LogP contribution in [-0.2, 0) is 14.4 Å². The first-order valence-corrected chi connectivity index (χ1v) is 7.74. The first-order valence-electron chi connectivity index (χ1n) is 7.74. The summed E-state index contributed by atoms with van der Waals surface area (Å²) >= 11 is 0. The molecule has 1 atom stereocenters. The molecule has 122 valence electrons. The van der Waals surface area contributed by atoms with Crippen molar-refractivity contribution in [2.24, 2.45) is 5.92 Å². The number of anilines is 2. The van der Waals surface area contributed by atoms with E-state index >= 15 is 0 Å². The summed E-state index contributed by atoms with van der Waals surface area (Å²) in [6, 6.07) is 14.4. The Bertz CT molecular complexity index is 815. The van der Waals surface area contributed by atoms with Gasteiger partial charge in [-0.25, -0.2) is 0 Å². The molecule has 1 saturated heterocycles. The molecule has 1 fully saturated rings. The molecule has 0 spiro atoms. The Kier molecular flexibility index (Phi) is 4.16. The van der Waals surface area contributed by atoms with Crippen LogP contribution in [0, 0.1) is 19.8 Å². The highest BCUT2D eigenvalue weighted by Crippen LogP contribution is 2.24. The van der Waals surface area contributed by atoms with E-state index in [-0.39, 0.29) is 12.3 Å². The third-order valence-electron chi connectivity index (χ3n) is 4.25. The number of carbonyl (C=O) groups excluding carboxylic acids is 3. The largest absolute Gasteiger partial charge is 0.325 e. The van der Waals surface area contributed by atoms with Gasteiger partial charge in [-0.3, -0.25) is 14.4 Å². The predicted octanol–water partition coefficient (Wildman–Crippen LogP) is 2.47. The Morgan fingerprint density at radius 2 is 1.75 bits per heavy atom. The maximum atomic E-state index is 12.5. The minimum Gasteiger partial charge on any atom is -0.325 e. The minimum absolute atomic E-state index is 0.0755. The molecule has 2 aromatic rings. The van der Waals surface area contributed by atoms with E-state index in [1.807, 2.05) is 32.0 Å². The molecule has 1 aliphatic heterocycles. The van der Waals surface area contributed by atoms with Gasteiger partial charge in [0.15, 0.2) is 11.7 Å². The molecule has 5 heteroatoms. The number of benzene rings is 2. The summed E-state index contributed by atoms with van der Waals surface area (Å²) < 4.78 is 0. The van der Waals surface area contributed by atoms with Gasteiger partial charge < -0.3 is 10.2 Å². The van der Waals surface area contributed by atoms with Crippen LogP contribution in [-0.4, -0.2) is 24.1 Å². The molecule has 0 bridgehead atoms. The first-order chi connectivity index (χ1) is 11.5. The molecular formula is C19H18N2O3. The van der Waals surface area contributed by atoms with Crippen molar-refractivity contribution in [3.05, 3.63) is 59.7 Å². The summed E-state index contributed by atoms with van der Waals surface area (Å²) in [4.78, 5) is 38.5. The van der Waals surface area contributed by atoms with Gasteiger partial charge in [0.1, 0.15) is 0 Å². The van der Waals surface area contributed by atoms with Crippen LogP contribution in [0.4, 0.5) is 11.4 Å². The van der Waals surface area contributed by atoms with Gasteiger partial charge >= 0.3 is 0 Å². The lowest BCUT2D eigenvalue weighted by Gasteiger charge is -2.15. The number of carbonyl (C=O) groups is 3. The van der Waals surface area contributed by atoms with Crippen molar-refractivity contribution >= 4 is 29.0 Å². The number of ketones is 1. The number of hydrogen-bond acceptors (Lipinski definition) is 3. The lowest BCUT2D eigenvalue weighted by atomic mass is 10.1. The van der Waals surface area contributed by atoms with E-state index in [1.165, 1.54) is 4.90 Å². The van der Waals surface area contributed by atoms with Gasteiger partial charge in [0, 0.05) is 11.4 Å². The Morgan fingerprint density at radius 1 is 1.04 bits per heavy atom. The van der Waals surface area contributed by atoms with E-state index in [9.17, 15) is 14.4 Å². The maximum Gasteiger partial charge on any atom is 0.247 e. The zero-order valence-electron chi connectivity index (χ0n) is 13.6. The number of hydrogen-bond donors (Lipinski definition) is 1. The van der Waals surface area contributed by atoms with Crippen LogP contribution < -0.4 is 10.2 Å². The molecule has 1 aliphatic rings. The Balaban J connectivity index is 1.78. The Morgan fingerprint density at radius 3 is 2.42 bits per heavy atom. The van der Waals surface area contributed by atoms with E-state index in [0.717, 1.165) is 11.1 Å². The third-order valence-corrected chi connectivity index (χ3v) is 4.25. The average Bonchev–Trinajstić information content (AvgIpc) is 2.86. The van der Waals surface area contributed by atoms with Crippen molar-refractivity contribution in [3.8, 4) is 0 Å². The van der Waals surface area contributed by atoms with Crippen molar-refractivity contribution in [1.29, 1.82) is 0 Å². The van der Waals surface area contributed by atoms with Crippen molar-refractivity contribution in [3.63, 3.8) is 0 Å². The van der Waals surface area contributed by atoms with Gasteiger partial charge in [0.25, 0.3) is 0 Å². The molecule has 0 saturated carbocycles. The SMILES string of the molecule is Cc1ccc(NC(=O)C2C(=O)CN(c3ccccc3)C2=O)cc1C. The zero-order valence-corrected chi connectivity index (χ0v) is 13.6. The van der Waals surface area contributed by atoms with Gasteiger partial charge in [-0.1, -0.05) is 24.3 Å². The van der Waals surface area contributed by atoms with E-state index in [4.69, 9.17) is 0 Å². The molecule has 0 radical (unpaired) electrons. The van der Waals surface area contributed by atoms with E-state index in [0.29, 0.717) is 11.4 Å². The molecule has 1 heterocycles. The van der Waals surface area contributed by atoms with Crippen LogP contribution in [0.15, 0.2) is 48.5 Å². The summed E-state index contributed by atoms with van der Waals surface area (Å²) in [7, 11) is 0. The topological polar surface area (TPSA) is 66.5 Å². The number of aryl methyl sites for hydroxylation is 2. The Labute approximate surface area is 140 Å². The van der Waals surface area contributed by atoms with Gasteiger partial charge in [-0.05, 0) is 49.2 Å². The number of amides is 2. The molecule has 0 aliphatic carbocycles. The second-order valence-electron chi connectivity index (χ2n) is 5.95. The fraction of sp³-hybridized carbons (Fsp3) is 0.211. The van der Waals surface area contributed by atoms with Crippen LogP contribution in [0.2, 0.25) is 0 Å². The third kappa shape index (κ3) is 2.93. The van der Waals surface area contributed by atoms with Gasteiger partial charge in [-0.2, -0.15) is 0 Å². The summed E-state index contributed by atoms with van der Waals surface area (Å²) in [5.41, 5.74) is 3.35. The molecule has 1 N–H and O–H groups in total. The molecule has 0 aromatic heterocycles. The Hall–Kier alpha value is -2.95. The highest BCUT2D eigenvalue weighted by atomic mass is 16.2. The number of nitrogens with one attached hydrogen (secondary N) is 1. The van der Waals surface area contributed by atoms with Gasteiger partial charge in [0.05, 0.1) is 6.54 Å². The van der Waals surface area contributed by atoms with E-state index in [2.05, 4.69) is 5.32 Å². The van der Waals surface area contributed by atoms with E-state index < -0.39 is 17.7 Å². The number of nitrogens with zero attached hydrogens (tertiary/aromatic N) is 1. The molecule has 5 nitrogen and oxygen atoms in total. The zero-order chi connectivity index (χ0) is 17.3. The lowest BCUT2D eigenvalue weighted by molar-refractivity contribution is -0.134. The average molecular weight is 322 g/mol. The molecule has 2 aromatic carbocycles. The van der Waals surface area contributed by atoms with Crippen LogP contribution in [0.5, 0.6) is 0 Å². The smallest absolute Gasteiger partial charge is 0.247 e. The van der Waals surface area contributed by atoms with Crippen molar-refractivity contribution < 1.29 is 14.4 Å². The number of rotatable bonds is 3. The summed E-state index contributed by atoms with van der Waals surface area (Å²) in [5.74, 6) is -2.73. The van der Waals surface area contributed by atoms with Crippen molar-refractivity contribution in [1.82, 2.24) is 0 Å². The highest BCUT2D eigenvalue weighted by molar-refractivity contribution is 6.30. The fourth-order valence-electron chi connectivity index (χ4n) is 2.74. The summed E-state index contributed by atoms with van der Waals surface area (Å²) in [6.45, 7) is 3.84. The van der Waals surface area contributed by atoms with Crippen LogP contribution in [0.3, 0.4) is 0 Å². The van der Waals surface area contributed by atoms with Crippen molar-refractivity contribution in [2.45, 2.75) is 13.8 Å². The lowest BCUT2D eigenvalue weighted by Crippen LogP contribution is -2.34. The number of para-hydroxylation sites is 1. The quantitative estimate of drug-likeness (QED) is 0.883. The molecule has 1 unspecified atom stereocenters. The standard InChI is InChI=1S/C19H18N2O3/c1-12-8-9-14(10-13(12)2)20-18(23)17-16(22)11-21(19(17)24)15-6-4-3-5-7-15/h3-10,17H,11H2,1-2H3,(H,20,23). The molecule has 2 amide bonds. The van der Waals surface area contributed by atoms with Crippen LogP contribution in [0.25, 0.3) is 0 Å². The molecule has 24 heavy (non-hydrogen) atoms. The van der Waals surface area contributed by atoms with Crippen LogP contribution >= 0.6 is 0 Å². The maximum absolute atomic E-state index is 12.5. The predicted molar refractivity (Wildman–Crippen MR) is 91.8 cm³/mol. The summed E-state index contributed by atoms with van der Waals surface area (Å²) in [6.07, 6.45) is 0. The van der Waals surface area contributed by atoms with Gasteiger partial charge in [-0.15, -0.1) is 0 Å². The number of Topliss-reactive ketones (excluding diaryl/α,β-unsaturated/α-hetero) is 1. The normalized spacial score (nSPS) is 17.2. The van der Waals surface area contributed by atoms with E-state index in [1.54, 1.807) is 30.3 Å². The minimum atomic E-state index is -1.29. The monoisotopic (exact) mass is 322 g/mol. The van der Waals surface area contributed by atoms with Crippen LogP contribution in [0.1, 0.15) is 11.1 Å². The molecular weight excluding hydrogens is 304 g/mol. The second-order valence-corrected chi connectivity index (χ2v) is 5.95. The second kappa shape index (κ2) is 6.28. The van der Waals surface area contributed by atoms with Gasteiger partial charge in [0.2, 0.25) is 11.8 Å².